The predicted molar refractivity (Wildman–Crippen MR) is 283 cm³/mol. The number of nitrogens with one attached hydrogen (secondary N) is 1. The molecule has 2 atom stereocenters. The number of hydrogen-bond acceptors (Lipinski definition) is 5. The van der Waals surface area contributed by atoms with Crippen molar-refractivity contribution in [3.63, 3.8) is 0 Å². The van der Waals surface area contributed by atoms with Crippen molar-refractivity contribution in [1.29, 1.82) is 0 Å². The van der Waals surface area contributed by atoms with E-state index >= 15 is 0 Å². The number of amides is 1. The second-order valence-electron chi connectivity index (χ2n) is 19.6. The van der Waals surface area contributed by atoms with E-state index in [0.717, 1.165) is 70.6 Å². The first-order chi connectivity index (χ1) is 32.0. The van der Waals surface area contributed by atoms with Gasteiger partial charge < -0.3 is 20.3 Å². The summed E-state index contributed by atoms with van der Waals surface area (Å²) in [7, 11) is 0. The van der Waals surface area contributed by atoms with Crippen molar-refractivity contribution in [2.75, 3.05) is 13.2 Å². The second-order valence-corrected chi connectivity index (χ2v) is 19.6. The van der Waals surface area contributed by atoms with Crippen LogP contribution in [0.1, 0.15) is 303 Å². The van der Waals surface area contributed by atoms with E-state index in [4.69, 9.17) is 4.74 Å². The van der Waals surface area contributed by atoms with Gasteiger partial charge in [-0.3, -0.25) is 9.59 Å². The maximum atomic E-state index is 12.5. The quantitative estimate of drug-likeness (QED) is 0.0321. The van der Waals surface area contributed by atoms with E-state index < -0.39 is 12.1 Å². The van der Waals surface area contributed by atoms with Gasteiger partial charge in [-0.2, -0.15) is 0 Å². The molecule has 0 fully saturated rings. The number of rotatable bonds is 53. The summed E-state index contributed by atoms with van der Waals surface area (Å²) in [4.78, 5) is 24.5. The summed E-state index contributed by atoms with van der Waals surface area (Å²) in [6.45, 7) is 4.83. The SMILES string of the molecule is CCCC/C=C\C/C=C\CCCCCCCC(=O)OCCCCCCCCCCCCCCC(=O)NC(CO)C(O)/C=C/CCCCCCCCCCCCCCCCCCCCCC. The summed E-state index contributed by atoms with van der Waals surface area (Å²) in [5, 5.41) is 23.2. The Hall–Kier alpha value is -1.92. The molecule has 0 spiro atoms. The van der Waals surface area contributed by atoms with Crippen molar-refractivity contribution < 1.29 is 24.5 Å². The maximum absolute atomic E-state index is 12.5. The highest BCUT2D eigenvalue weighted by Gasteiger charge is 2.18. The van der Waals surface area contributed by atoms with Gasteiger partial charge in [-0.05, 0) is 57.8 Å². The van der Waals surface area contributed by atoms with Gasteiger partial charge in [0, 0.05) is 12.8 Å². The minimum Gasteiger partial charge on any atom is -0.466 e. The topological polar surface area (TPSA) is 95.9 Å². The molecule has 0 heterocycles. The van der Waals surface area contributed by atoms with E-state index in [0.29, 0.717) is 19.4 Å². The monoisotopic (exact) mass is 914 g/mol. The largest absolute Gasteiger partial charge is 0.466 e. The highest BCUT2D eigenvalue weighted by Crippen LogP contribution is 2.17. The van der Waals surface area contributed by atoms with Gasteiger partial charge in [-0.1, -0.05) is 269 Å². The molecule has 3 N–H and O–H groups in total. The molecule has 0 saturated heterocycles. The molecule has 382 valence electrons. The number of carbonyl (C=O) groups is 2. The lowest BCUT2D eigenvalue weighted by Gasteiger charge is -2.20. The number of esters is 1. The van der Waals surface area contributed by atoms with Crippen molar-refractivity contribution in [2.45, 2.75) is 315 Å². The molecule has 0 saturated carbocycles. The van der Waals surface area contributed by atoms with Crippen LogP contribution in [0.5, 0.6) is 0 Å². The lowest BCUT2D eigenvalue weighted by molar-refractivity contribution is -0.143. The van der Waals surface area contributed by atoms with E-state index in [9.17, 15) is 19.8 Å². The summed E-state index contributed by atoms with van der Waals surface area (Å²) in [5.74, 6) is -0.108. The molecule has 0 aliphatic carbocycles. The first kappa shape index (κ1) is 63.1. The van der Waals surface area contributed by atoms with Crippen LogP contribution in [-0.4, -0.2) is 47.4 Å². The summed E-state index contributed by atoms with van der Waals surface area (Å²) in [6.07, 6.45) is 67.3. The molecule has 0 aromatic heterocycles. The molecular formula is C59H111NO5. The Morgan fingerprint density at radius 1 is 0.431 bits per heavy atom. The minimum atomic E-state index is -0.857. The summed E-state index contributed by atoms with van der Waals surface area (Å²) < 4.78 is 5.45. The Bertz CT molecular complexity index is 1060. The highest BCUT2D eigenvalue weighted by atomic mass is 16.5. The van der Waals surface area contributed by atoms with Crippen LogP contribution < -0.4 is 5.32 Å². The Labute approximate surface area is 404 Å². The molecule has 0 aromatic rings. The summed E-state index contributed by atoms with van der Waals surface area (Å²) >= 11 is 0. The first-order valence-electron chi connectivity index (χ1n) is 28.8. The van der Waals surface area contributed by atoms with E-state index in [-0.39, 0.29) is 18.5 Å². The smallest absolute Gasteiger partial charge is 0.305 e. The number of ether oxygens (including phenoxy) is 1. The molecule has 6 heteroatoms. The van der Waals surface area contributed by atoms with Crippen LogP contribution in [0, 0.1) is 0 Å². The molecule has 0 radical (unpaired) electrons. The first-order valence-corrected chi connectivity index (χ1v) is 28.8. The fourth-order valence-corrected chi connectivity index (χ4v) is 8.71. The highest BCUT2D eigenvalue weighted by molar-refractivity contribution is 5.76. The van der Waals surface area contributed by atoms with Crippen LogP contribution in [0.4, 0.5) is 0 Å². The predicted octanol–water partition coefficient (Wildman–Crippen LogP) is 17.6. The standard InChI is InChI=1S/C59H111NO5/c1-3-5-7-9-11-13-15-17-19-20-21-22-23-24-25-26-27-31-35-39-43-47-51-57(62)56(55-61)60-58(63)52-48-44-40-36-32-29-30-34-38-42-46-50-54-65-59(64)53-49-45-41-37-33-28-18-16-14-12-10-8-6-4-2/h10,12,16,18,47,51,56-57,61-62H,3-9,11,13-15,17,19-46,48-50,52-55H2,1-2H3,(H,60,63)/b12-10-,18-16-,51-47+. The van der Waals surface area contributed by atoms with Gasteiger partial charge >= 0.3 is 5.97 Å². The van der Waals surface area contributed by atoms with Gasteiger partial charge in [0.15, 0.2) is 0 Å². The van der Waals surface area contributed by atoms with Gasteiger partial charge in [0.25, 0.3) is 0 Å². The number of carbonyl (C=O) groups excluding carboxylic acids is 2. The Morgan fingerprint density at radius 3 is 1.22 bits per heavy atom. The minimum absolute atomic E-state index is 0.0252. The summed E-state index contributed by atoms with van der Waals surface area (Å²) in [6, 6.07) is -0.642. The average Bonchev–Trinajstić information content (AvgIpc) is 3.31. The molecule has 2 unspecified atom stereocenters. The zero-order chi connectivity index (χ0) is 47.2. The molecule has 1 amide bonds. The van der Waals surface area contributed by atoms with Crippen molar-refractivity contribution in [1.82, 2.24) is 5.32 Å². The van der Waals surface area contributed by atoms with Crippen LogP contribution in [0.15, 0.2) is 36.5 Å². The van der Waals surface area contributed by atoms with Crippen molar-refractivity contribution in [3.05, 3.63) is 36.5 Å². The molecule has 65 heavy (non-hydrogen) atoms. The van der Waals surface area contributed by atoms with Gasteiger partial charge in [-0.25, -0.2) is 0 Å². The van der Waals surface area contributed by atoms with Gasteiger partial charge in [0.1, 0.15) is 0 Å². The third-order valence-electron chi connectivity index (χ3n) is 13.2. The Balaban J connectivity index is 3.50. The zero-order valence-corrected chi connectivity index (χ0v) is 43.5. The van der Waals surface area contributed by atoms with Crippen molar-refractivity contribution >= 4 is 11.9 Å². The van der Waals surface area contributed by atoms with E-state index in [2.05, 4.69) is 43.5 Å². The third kappa shape index (κ3) is 51.3. The van der Waals surface area contributed by atoms with E-state index in [1.165, 1.54) is 205 Å². The number of unbranched alkanes of at least 4 members (excludes halogenated alkanes) is 38. The van der Waals surface area contributed by atoms with E-state index in [1.54, 1.807) is 6.08 Å². The maximum Gasteiger partial charge on any atom is 0.305 e. The van der Waals surface area contributed by atoms with Crippen LogP contribution in [0.25, 0.3) is 0 Å². The van der Waals surface area contributed by atoms with Crippen molar-refractivity contribution in [2.24, 2.45) is 0 Å². The Morgan fingerprint density at radius 2 is 0.785 bits per heavy atom. The number of allylic oxidation sites excluding steroid dienone is 5. The number of hydrogen-bond donors (Lipinski definition) is 3. The summed E-state index contributed by atoms with van der Waals surface area (Å²) in [5.41, 5.74) is 0. The normalized spacial score (nSPS) is 12.9. The van der Waals surface area contributed by atoms with Gasteiger partial charge in [0.05, 0.1) is 25.4 Å². The molecule has 0 aromatic carbocycles. The van der Waals surface area contributed by atoms with Crippen LogP contribution in [0.2, 0.25) is 0 Å². The lowest BCUT2D eigenvalue weighted by atomic mass is 10.0. The van der Waals surface area contributed by atoms with Gasteiger partial charge in [-0.15, -0.1) is 0 Å². The zero-order valence-electron chi connectivity index (χ0n) is 43.5. The number of aliphatic hydroxyl groups is 2. The molecule has 0 bridgehead atoms. The Kier molecular flexibility index (Phi) is 53.1. The van der Waals surface area contributed by atoms with Gasteiger partial charge in [0.2, 0.25) is 5.91 Å². The fraction of sp³-hybridized carbons (Fsp3) is 0.864. The van der Waals surface area contributed by atoms with Crippen molar-refractivity contribution in [3.8, 4) is 0 Å². The molecule has 0 aliphatic heterocycles. The van der Waals surface area contributed by atoms with Crippen LogP contribution >= 0.6 is 0 Å². The number of aliphatic hydroxyl groups excluding tert-OH is 2. The van der Waals surface area contributed by atoms with E-state index in [1.807, 2.05) is 6.08 Å². The lowest BCUT2D eigenvalue weighted by Crippen LogP contribution is -2.45. The average molecular weight is 915 g/mol. The molecule has 0 rings (SSSR count). The third-order valence-corrected chi connectivity index (χ3v) is 13.2. The van der Waals surface area contributed by atoms with Crippen LogP contribution in [-0.2, 0) is 14.3 Å². The van der Waals surface area contributed by atoms with Crippen LogP contribution in [0.3, 0.4) is 0 Å². The molecule has 6 nitrogen and oxygen atoms in total. The second kappa shape index (κ2) is 54.7. The molecular weight excluding hydrogens is 803 g/mol. The molecule has 0 aliphatic rings. The fourth-order valence-electron chi connectivity index (χ4n) is 8.71.